The maximum absolute atomic E-state index is 7.01. The van der Waals surface area contributed by atoms with Crippen LogP contribution in [-0.4, -0.2) is 19.0 Å². The van der Waals surface area contributed by atoms with Crippen molar-refractivity contribution in [1.29, 1.82) is 0 Å². The first-order chi connectivity index (χ1) is 19.7. The zero-order valence-corrected chi connectivity index (χ0v) is 29.6. The molecule has 0 heterocycles. The lowest BCUT2D eigenvalue weighted by Gasteiger charge is -2.39. The van der Waals surface area contributed by atoms with Gasteiger partial charge in [-0.25, -0.2) is 0 Å². The molecule has 0 saturated heterocycles. The van der Waals surface area contributed by atoms with Crippen LogP contribution in [0.1, 0.15) is 121 Å². The van der Waals surface area contributed by atoms with Gasteiger partial charge in [-0.15, -0.1) is 0 Å². The van der Waals surface area contributed by atoms with Gasteiger partial charge >= 0.3 is 0 Å². The van der Waals surface area contributed by atoms with Crippen molar-refractivity contribution in [2.75, 3.05) is 14.1 Å². The molecule has 3 aromatic carbocycles. The monoisotopic (exact) mass is 587 g/mol. The van der Waals surface area contributed by atoms with Crippen molar-refractivity contribution in [1.82, 2.24) is 4.90 Å². The van der Waals surface area contributed by atoms with E-state index in [1.54, 1.807) is 0 Å². The number of benzene rings is 3. The molecule has 3 aromatic rings. The topological polar surface area (TPSA) is 12.5 Å². The smallest absolute Gasteiger partial charge is 0.127 e. The fraction of sp³-hybridized carbons (Fsp3) is 0.538. The summed E-state index contributed by atoms with van der Waals surface area (Å²) in [6, 6.07) is 22.8. The molecule has 230 valence electrons. The van der Waals surface area contributed by atoms with Crippen molar-refractivity contribution in [3.63, 3.8) is 0 Å². The predicted octanol–water partition coefficient (Wildman–Crippen LogP) is 10.4. The minimum absolute atomic E-state index is 0.00122. The number of ether oxygens (including phenoxy) is 1. The Balaban J connectivity index is 2.33. The summed E-state index contributed by atoms with van der Waals surface area (Å²) >= 11 is 0. The second-order valence-electron chi connectivity index (χ2n) is 14.6. The third kappa shape index (κ3) is 8.93. The van der Waals surface area contributed by atoms with E-state index < -0.39 is 0 Å². The van der Waals surface area contributed by atoms with E-state index in [0.717, 1.165) is 18.7 Å². The Hall–Kier alpha value is -2.15. The first kappa shape index (κ1) is 34.3. The zero-order valence-electron chi connectivity index (χ0n) is 28.6. The van der Waals surface area contributed by atoms with Gasteiger partial charge in [-0.1, -0.05) is 149 Å². The van der Waals surface area contributed by atoms with E-state index in [4.69, 9.17) is 4.74 Å². The lowest BCUT2D eigenvalue weighted by atomic mass is 9.76. The second kappa shape index (κ2) is 14.5. The van der Waals surface area contributed by atoms with E-state index in [-0.39, 0.29) is 16.0 Å². The van der Waals surface area contributed by atoms with Gasteiger partial charge < -0.3 is 9.64 Å². The van der Waals surface area contributed by atoms with Gasteiger partial charge in [0.15, 0.2) is 0 Å². The Morgan fingerprint density at radius 3 is 2.02 bits per heavy atom. The standard InChI is InChI=1S/C39H58NOP/c1-12-14-18-23-39(13-2,42-35-22-21-29(3)24-31(35)27-40(10)11)34-26-32(37(4,5)6)25-33(38(7,8)9)36(34)41-28-30-19-16-15-17-20-30/h15-17,19-22,24-26,42H,12-14,18,23,27-28H2,1-11H3. The van der Waals surface area contributed by atoms with Crippen LogP contribution >= 0.6 is 8.58 Å². The highest BCUT2D eigenvalue weighted by Gasteiger charge is 2.38. The highest BCUT2D eigenvalue weighted by Crippen LogP contribution is 2.54. The van der Waals surface area contributed by atoms with Gasteiger partial charge in [0.05, 0.1) is 0 Å². The summed E-state index contributed by atoms with van der Waals surface area (Å²) in [6.07, 6.45) is 5.98. The molecular formula is C39H58NOP. The van der Waals surface area contributed by atoms with Crippen LogP contribution in [-0.2, 0) is 29.1 Å². The molecule has 0 spiro atoms. The molecule has 0 saturated carbocycles. The largest absolute Gasteiger partial charge is 0.488 e. The number of hydrogen-bond acceptors (Lipinski definition) is 2. The fourth-order valence-electron chi connectivity index (χ4n) is 5.83. The van der Waals surface area contributed by atoms with E-state index in [0.29, 0.717) is 15.2 Å². The highest BCUT2D eigenvalue weighted by molar-refractivity contribution is 7.48. The first-order valence-electron chi connectivity index (χ1n) is 16.1. The Kier molecular flexibility index (Phi) is 11.9. The molecule has 0 aliphatic carbocycles. The summed E-state index contributed by atoms with van der Waals surface area (Å²) in [5, 5.41) is 1.50. The normalized spacial score (nSPS) is 14.1. The molecule has 2 unspecified atom stereocenters. The van der Waals surface area contributed by atoms with E-state index in [1.165, 1.54) is 64.4 Å². The summed E-state index contributed by atoms with van der Waals surface area (Å²) in [5.41, 5.74) is 8.16. The maximum Gasteiger partial charge on any atom is 0.127 e. The molecule has 2 nitrogen and oxygen atoms in total. The van der Waals surface area contributed by atoms with Crippen LogP contribution in [0.3, 0.4) is 0 Å². The van der Waals surface area contributed by atoms with E-state index in [1.807, 2.05) is 0 Å². The van der Waals surface area contributed by atoms with Crippen LogP contribution in [0.4, 0.5) is 0 Å². The number of unbranched alkanes of at least 4 members (excludes halogenated alkanes) is 2. The van der Waals surface area contributed by atoms with Crippen LogP contribution in [0.2, 0.25) is 0 Å². The average molecular weight is 588 g/mol. The van der Waals surface area contributed by atoms with Crippen molar-refractivity contribution >= 4 is 13.9 Å². The van der Waals surface area contributed by atoms with Crippen LogP contribution in [0.5, 0.6) is 5.75 Å². The van der Waals surface area contributed by atoms with Gasteiger partial charge in [0.2, 0.25) is 0 Å². The molecule has 42 heavy (non-hydrogen) atoms. The zero-order chi connectivity index (χ0) is 31.1. The summed E-state index contributed by atoms with van der Waals surface area (Å²) in [6.45, 7) is 22.6. The Morgan fingerprint density at radius 1 is 0.786 bits per heavy atom. The van der Waals surface area contributed by atoms with Crippen molar-refractivity contribution in [2.24, 2.45) is 0 Å². The van der Waals surface area contributed by atoms with E-state index in [2.05, 4.69) is 142 Å². The SMILES string of the molecule is CCCCCC(CC)(Pc1ccc(C)cc1CN(C)C)c1cc(C(C)(C)C)cc(C(C)(C)C)c1OCc1ccccc1. The van der Waals surface area contributed by atoms with Gasteiger partial charge in [-0.2, -0.15) is 0 Å². The highest BCUT2D eigenvalue weighted by atomic mass is 31.1. The average Bonchev–Trinajstić information content (AvgIpc) is 2.91. The molecule has 0 N–H and O–H groups in total. The number of hydrogen-bond donors (Lipinski definition) is 0. The molecule has 0 fully saturated rings. The quantitative estimate of drug-likeness (QED) is 0.146. The number of aryl methyl sites for hydroxylation is 1. The summed E-state index contributed by atoms with van der Waals surface area (Å²) in [5.74, 6) is 1.12. The van der Waals surface area contributed by atoms with Gasteiger partial charge in [0.1, 0.15) is 12.4 Å². The summed E-state index contributed by atoms with van der Waals surface area (Å²) in [7, 11) is 5.03. The molecule has 0 amide bonds. The van der Waals surface area contributed by atoms with Gasteiger partial charge in [0.25, 0.3) is 0 Å². The summed E-state index contributed by atoms with van der Waals surface area (Å²) in [4.78, 5) is 2.31. The Labute approximate surface area is 260 Å². The maximum atomic E-state index is 7.01. The summed E-state index contributed by atoms with van der Waals surface area (Å²) < 4.78 is 7.01. The van der Waals surface area contributed by atoms with E-state index in [9.17, 15) is 0 Å². The third-order valence-electron chi connectivity index (χ3n) is 8.44. The molecule has 0 aliphatic rings. The van der Waals surface area contributed by atoms with Crippen molar-refractivity contribution in [2.45, 2.75) is 124 Å². The molecule has 3 heteroatoms. The molecule has 2 atom stereocenters. The number of nitrogens with zero attached hydrogens (tertiary/aromatic N) is 1. The van der Waals surface area contributed by atoms with Crippen molar-refractivity contribution in [3.05, 3.63) is 94.0 Å². The van der Waals surface area contributed by atoms with Gasteiger partial charge in [-0.05, 0) is 66.7 Å². The minimum atomic E-state index is -0.0476. The first-order valence-corrected chi connectivity index (χ1v) is 17.1. The van der Waals surface area contributed by atoms with Crippen molar-refractivity contribution in [3.8, 4) is 5.75 Å². The Morgan fingerprint density at radius 2 is 1.45 bits per heavy atom. The van der Waals surface area contributed by atoms with Crippen LogP contribution < -0.4 is 10.0 Å². The van der Waals surface area contributed by atoms with Gasteiger partial charge in [0, 0.05) is 22.8 Å². The molecule has 0 radical (unpaired) electrons. The Bertz CT molecular complexity index is 1280. The predicted molar refractivity (Wildman–Crippen MR) is 187 cm³/mol. The molecule has 0 bridgehead atoms. The number of rotatable bonds is 13. The van der Waals surface area contributed by atoms with Crippen molar-refractivity contribution < 1.29 is 4.74 Å². The lowest BCUT2D eigenvalue weighted by Crippen LogP contribution is -2.28. The molecule has 0 aliphatic heterocycles. The molecule has 3 rings (SSSR count). The third-order valence-corrected chi connectivity index (χ3v) is 10.5. The lowest BCUT2D eigenvalue weighted by molar-refractivity contribution is 0.288. The van der Waals surface area contributed by atoms with E-state index >= 15 is 0 Å². The molecular weight excluding hydrogens is 529 g/mol. The fourth-order valence-corrected chi connectivity index (χ4v) is 7.62. The van der Waals surface area contributed by atoms with Gasteiger partial charge in [-0.3, -0.25) is 0 Å². The van der Waals surface area contributed by atoms with Crippen LogP contribution in [0.15, 0.2) is 60.7 Å². The second-order valence-corrected chi connectivity index (χ2v) is 16.3. The van der Waals surface area contributed by atoms with Crippen LogP contribution in [0, 0.1) is 6.92 Å². The van der Waals surface area contributed by atoms with Crippen LogP contribution in [0.25, 0.3) is 0 Å². The minimum Gasteiger partial charge on any atom is -0.488 e. The molecule has 0 aromatic heterocycles.